The highest BCUT2D eigenvalue weighted by atomic mass is 32.2. The Hall–Kier alpha value is -2.35. The number of hydrogen-bond acceptors (Lipinski definition) is 5. The maximum atomic E-state index is 12.4. The first-order valence-corrected chi connectivity index (χ1v) is 8.22. The molecule has 3 N–H and O–H groups in total. The van der Waals surface area contributed by atoms with Gasteiger partial charge in [0.2, 0.25) is 9.84 Å². The summed E-state index contributed by atoms with van der Waals surface area (Å²) in [5, 5.41) is 21.6. The number of sulfone groups is 1. The maximum absolute atomic E-state index is 12.4. The van der Waals surface area contributed by atoms with E-state index in [1.165, 1.54) is 24.3 Å². The molecule has 8 heteroatoms. The molecule has 0 atom stereocenters. The van der Waals surface area contributed by atoms with Crippen molar-refractivity contribution in [3.8, 4) is 11.5 Å². The molecule has 0 bridgehead atoms. The molecule has 0 amide bonds. The number of phenolic OH excluding ortho intramolecular Hbond substituents is 2. The monoisotopic (exact) mass is 343 g/mol. The predicted octanol–water partition coefficient (Wildman–Crippen LogP) is 2.75. The lowest BCUT2D eigenvalue weighted by molar-refractivity contribution is 0.234. The molecule has 2 aromatic carbocycles. The molecule has 0 aliphatic carbocycles. The van der Waals surface area contributed by atoms with Gasteiger partial charge in [0.1, 0.15) is 0 Å². The van der Waals surface area contributed by atoms with Gasteiger partial charge in [-0.1, -0.05) is 6.07 Å². The van der Waals surface area contributed by atoms with Gasteiger partial charge in [-0.3, -0.25) is 0 Å². The van der Waals surface area contributed by atoms with Gasteiger partial charge in [0.05, 0.1) is 4.90 Å². The van der Waals surface area contributed by atoms with E-state index in [1.54, 1.807) is 6.07 Å². The molecule has 0 aliphatic heterocycles. The molecule has 0 aromatic heterocycles. The SMILES string of the molecule is O=S(=O)(c1ccc(NCCc2ccc(O)c(O)c2)cc1)C(F)F. The van der Waals surface area contributed by atoms with Crippen molar-refractivity contribution in [2.75, 3.05) is 11.9 Å². The van der Waals surface area contributed by atoms with E-state index in [2.05, 4.69) is 5.32 Å². The molecule has 124 valence electrons. The van der Waals surface area contributed by atoms with Crippen molar-refractivity contribution in [3.63, 3.8) is 0 Å². The quantitative estimate of drug-likeness (QED) is 0.702. The third-order valence-electron chi connectivity index (χ3n) is 3.20. The van der Waals surface area contributed by atoms with Gasteiger partial charge >= 0.3 is 5.76 Å². The van der Waals surface area contributed by atoms with E-state index in [1.807, 2.05) is 0 Å². The Morgan fingerprint density at radius 2 is 1.65 bits per heavy atom. The van der Waals surface area contributed by atoms with Crippen molar-refractivity contribution in [3.05, 3.63) is 48.0 Å². The van der Waals surface area contributed by atoms with E-state index in [0.29, 0.717) is 18.7 Å². The number of aromatic hydroxyl groups is 2. The molecule has 0 heterocycles. The summed E-state index contributed by atoms with van der Waals surface area (Å²) in [5.74, 6) is -3.84. The lowest BCUT2D eigenvalue weighted by atomic mass is 10.1. The molecule has 5 nitrogen and oxygen atoms in total. The number of anilines is 1. The maximum Gasteiger partial charge on any atom is 0.341 e. The van der Waals surface area contributed by atoms with Crippen molar-refractivity contribution >= 4 is 15.5 Å². The van der Waals surface area contributed by atoms with Crippen LogP contribution in [-0.2, 0) is 16.3 Å². The van der Waals surface area contributed by atoms with Gasteiger partial charge in [0.15, 0.2) is 11.5 Å². The van der Waals surface area contributed by atoms with Crippen LogP contribution in [0.1, 0.15) is 5.56 Å². The molecule has 0 saturated carbocycles. The fraction of sp³-hybridized carbons (Fsp3) is 0.200. The number of rotatable bonds is 6. The lowest BCUT2D eigenvalue weighted by Crippen LogP contribution is -2.11. The van der Waals surface area contributed by atoms with Crippen molar-refractivity contribution in [1.82, 2.24) is 0 Å². The van der Waals surface area contributed by atoms with Crippen LogP contribution in [-0.4, -0.2) is 30.9 Å². The Morgan fingerprint density at radius 3 is 2.22 bits per heavy atom. The highest BCUT2D eigenvalue weighted by Gasteiger charge is 2.26. The summed E-state index contributed by atoms with van der Waals surface area (Å²) in [7, 11) is -4.58. The van der Waals surface area contributed by atoms with Crippen molar-refractivity contribution in [2.45, 2.75) is 17.1 Å². The van der Waals surface area contributed by atoms with Gasteiger partial charge < -0.3 is 15.5 Å². The summed E-state index contributed by atoms with van der Waals surface area (Å²) in [6, 6.07) is 9.54. The summed E-state index contributed by atoms with van der Waals surface area (Å²) in [5.41, 5.74) is 1.38. The van der Waals surface area contributed by atoms with E-state index >= 15 is 0 Å². The second kappa shape index (κ2) is 6.82. The Labute approximate surface area is 132 Å². The zero-order valence-electron chi connectivity index (χ0n) is 11.9. The molecule has 0 aliphatic rings. The number of nitrogens with one attached hydrogen (secondary N) is 1. The zero-order valence-corrected chi connectivity index (χ0v) is 12.7. The summed E-state index contributed by atoms with van der Waals surface area (Å²) < 4.78 is 47.4. The fourth-order valence-corrected chi connectivity index (χ4v) is 2.66. The molecule has 23 heavy (non-hydrogen) atoms. The first kappa shape index (κ1) is 17.0. The number of halogens is 2. The Bertz CT molecular complexity index is 777. The van der Waals surface area contributed by atoms with Gasteiger partial charge in [-0.05, 0) is 48.4 Å². The lowest BCUT2D eigenvalue weighted by Gasteiger charge is -2.08. The van der Waals surface area contributed by atoms with Crippen LogP contribution in [0.3, 0.4) is 0 Å². The van der Waals surface area contributed by atoms with Crippen LogP contribution in [0.15, 0.2) is 47.4 Å². The van der Waals surface area contributed by atoms with Gasteiger partial charge in [0, 0.05) is 12.2 Å². The largest absolute Gasteiger partial charge is 0.504 e. The van der Waals surface area contributed by atoms with E-state index in [-0.39, 0.29) is 11.5 Å². The normalized spacial score (nSPS) is 11.6. The predicted molar refractivity (Wildman–Crippen MR) is 81.6 cm³/mol. The van der Waals surface area contributed by atoms with E-state index in [0.717, 1.165) is 17.7 Å². The third-order valence-corrected chi connectivity index (χ3v) is 4.60. The van der Waals surface area contributed by atoms with Gasteiger partial charge in [0.25, 0.3) is 0 Å². The zero-order chi connectivity index (χ0) is 17.0. The van der Waals surface area contributed by atoms with Crippen molar-refractivity contribution in [1.29, 1.82) is 0 Å². The average Bonchev–Trinajstić information content (AvgIpc) is 2.51. The molecule has 0 fully saturated rings. The minimum absolute atomic E-state index is 0.197. The molecule has 0 radical (unpaired) electrons. The highest BCUT2D eigenvalue weighted by Crippen LogP contribution is 2.25. The minimum Gasteiger partial charge on any atom is -0.504 e. The average molecular weight is 343 g/mol. The smallest absolute Gasteiger partial charge is 0.341 e. The van der Waals surface area contributed by atoms with E-state index in [4.69, 9.17) is 0 Å². The summed E-state index contributed by atoms with van der Waals surface area (Å²) in [6.07, 6.45) is 0.547. The van der Waals surface area contributed by atoms with E-state index in [9.17, 15) is 27.4 Å². The molecule has 2 aromatic rings. The van der Waals surface area contributed by atoms with Crippen LogP contribution in [0.25, 0.3) is 0 Å². The number of alkyl halides is 2. The van der Waals surface area contributed by atoms with Gasteiger partial charge in [-0.2, -0.15) is 8.78 Å². The Balaban J connectivity index is 1.95. The Morgan fingerprint density at radius 1 is 1.00 bits per heavy atom. The second-order valence-electron chi connectivity index (χ2n) is 4.83. The van der Waals surface area contributed by atoms with Gasteiger partial charge in [-0.25, -0.2) is 8.42 Å². The van der Waals surface area contributed by atoms with Crippen LogP contribution in [0.4, 0.5) is 14.5 Å². The molecular weight excluding hydrogens is 328 g/mol. The third kappa shape index (κ3) is 4.10. The summed E-state index contributed by atoms with van der Waals surface area (Å²) >= 11 is 0. The fourth-order valence-electron chi connectivity index (χ4n) is 1.94. The topological polar surface area (TPSA) is 86.6 Å². The van der Waals surface area contributed by atoms with Crippen LogP contribution < -0.4 is 5.32 Å². The summed E-state index contributed by atoms with van der Waals surface area (Å²) in [4.78, 5) is -0.429. The molecule has 0 spiro atoms. The van der Waals surface area contributed by atoms with Crippen molar-refractivity contribution < 1.29 is 27.4 Å². The molecule has 0 saturated heterocycles. The molecular formula is C15H15F2NO4S. The minimum atomic E-state index is -4.58. The standard InChI is InChI=1S/C15H15F2NO4S/c16-15(17)23(21,22)12-4-2-11(3-5-12)18-8-7-10-1-6-13(19)14(20)9-10/h1-6,9,15,18-20H,7-8H2. The van der Waals surface area contributed by atoms with Crippen LogP contribution in [0.2, 0.25) is 0 Å². The number of hydrogen-bond donors (Lipinski definition) is 3. The molecule has 2 rings (SSSR count). The first-order chi connectivity index (χ1) is 10.8. The van der Waals surface area contributed by atoms with E-state index < -0.39 is 20.5 Å². The number of benzene rings is 2. The van der Waals surface area contributed by atoms with Crippen LogP contribution >= 0.6 is 0 Å². The van der Waals surface area contributed by atoms with Crippen LogP contribution in [0, 0.1) is 0 Å². The summed E-state index contributed by atoms with van der Waals surface area (Å²) in [6.45, 7) is 0.477. The first-order valence-electron chi connectivity index (χ1n) is 6.67. The van der Waals surface area contributed by atoms with Crippen LogP contribution in [0.5, 0.6) is 11.5 Å². The number of phenols is 2. The van der Waals surface area contributed by atoms with Gasteiger partial charge in [-0.15, -0.1) is 0 Å². The molecule has 0 unspecified atom stereocenters. The van der Waals surface area contributed by atoms with Crippen molar-refractivity contribution in [2.24, 2.45) is 0 Å². The highest BCUT2D eigenvalue weighted by molar-refractivity contribution is 7.91. The second-order valence-corrected chi connectivity index (χ2v) is 6.75. The Kier molecular flexibility index (Phi) is 5.05.